The third kappa shape index (κ3) is 2.62. The van der Waals surface area contributed by atoms with Gasteiger partial charge in [-0.15, -0.1) is 0 Å². The number of aliphatic hydroxyl groups excluding tert-OH is 1. The van der Waals surface area contributed by atoms with Crippen LogP contribution in [-0.4, -0.2) is 63.6 Å². The molecule has 1 aromatic carbocycles. The van der Waals surface area contributed by atoms with Crippen LogP contribution in [0.1, 0.15) is 36.0 Å². The molecule has 2 saturated heterocycles. The van der Waals surface area contributed by atoms with Crippen LogP contribution in [-0.2, 0) is 4.79 Å². The first-order valence-electron chi connectivity index (χ1n) is 8.20. The molecule has 7 heteroatoms. The standard InChI is InChI=1S/C17H21FN2O4/c18-13-4-3-12(11-14(13)22)15(23)20-8-2-6-17(20)5-1-7-19(9-10-21)16(17)24/h3-4,11,21-22H,1-2,5-10H2. The number of aromatic hydroxyl groups is 1. The van der Waals surface area contributed by atoms with Gasteiger partial charge in [-0.3, -0.25) is 9.59 Å². The Morgan fingerprint density at radius 1 is 1.25 bits per heavy atom. The van der Waals surface area contributed by atoms with Gasteiger partial charge in [0.1, 0.15) is 5.54 Å². The largest absolute Gasteiger partial charge is 0.505 e. The Balaban J connectivity index is 1.90. The van der Waals surface area contributed by atoms with E-state index in [0.717, 1.165) is 25.0 Å². The highest BCUT2D eigenvalue weighted by atomic mass is 19.1. The van der Waals surface area contributed by atoms with Crippen molar-refractivity contribution in [1.82, 2.24) is 9.80 Å². The zero-order chi connectivity index (χ0) is 17.3. The number of aliphatic hydroxyl groups is 1. The Morgan fingerprint density at radius 3 is 2.62 bits per heavy atom. The Morgan fingerprint density at radius 2 is 1.96 bits per heavy atom. The highest BCUT2D eigenvalue weighted by molar-refractivity contribution is 6.00. The first-order valence-corrected chi connectivity index (χ1v) is 8.20. The molecular formula is C17H21FN2O4. The summed E-state index contributed by atoms with van der Waals surface area (Å²) >= 11 is 0. The van der Waals surface area contributed by atoms with Crippen molar-refractivity contribution in [3.63, 3.8) is 0 Å². The number of amides is 2. The highest BCUT2D eigenvalue weighted by Crippen LogP contribution is 2.39. The number of nitrogens with zero attached hydrogens (tertiary/aromatic N) is 2. The van der Waals surface area contributed by atoms with Crippen LogP contribution >= 0.6 is 0 Å². The molecule has 2 aliphatic heterocycles. The van der Waals surface area contributed by atoms with Crippen LogP contribution in [0.3, 0.4) is 0 Å². The van der Waals surface area contributed by atoms with Crippen LogP contribution in [0.15, 0.2) is 18.2 Å². The van der Waals surface area contributed by atoms with E-state index in [2.05, 4.69) is 0 Å². The normalized spacial score (nSPS) is 24.0. The van der Waals surface area contributed by atoms with Crippen molar-refractivity contribution in [3.8, 4) is 5.75 Å². The first kappa shape index (κ1) is 16.7. The summed E-state index contributed by atoms with van der Waals surface area (Å²) in [5.41, 5.74) is -0.712. The van der Waals surface area contributed by atoms with Gasteiger partial charge >= 0.3 is 0 Å². The van der Waals surface area contributed by atoms with Gasteiger partial charge in [0.2, 0.25) is 5.91 Å². The van der Waals surface area contributed by atoms with Crippen molar-refractivity contribution in [1.29, 1.82) is 0 Å². The number of halogens is 1. The van der Waals surface area contributed by atoms with E-state index >= 15 is 0 Å². The van der Waals surface area contributed by atoms with Crippen molar-refractivity contribution >= 4 is 11.8 Å². The third-order valence-electron chi connectivity index (χ3n) is 5.00. The smallest absolute Gasteiger partial charge is 0.254 e. The summed E-state index contributed by atoms with van der Waals surface area (Å²) < 4.78 is 13.2. The van der Waals surface area contributed by atoms with E-state index in [1.54, 1.807) is 9.80 Å². The number of benzene rings is 1. The van der Waals surface area contributed by atoms with Crippen LogP contribution in [0.2, 0.25) is 0 Å². The molecule has 24 heavy (non-hydrogen) atoms. The number of carbonyl (C=O) groups excluding carboxylic acids is 2. The molecule has 130 valence electrons. The predicted molar refractivity (Wildman–Crippen MR) is 84.0 cm³/mol. The van der Waals surface area contributed by atoms with Crippen molar-refractivity contribution in [3.05, 3.63) is 29.6 Å². The Hall–Kier alpha value is -2.15. The van der Waals surface area contributed by atoms with Gasteiger partial charge < -0.3 is 20.0 Å². The molecule has 1 spiro atoms. The molecule has 2 amide bonds. The molecule has 2 N–H and O–H groups in total. The lowest BCUT2D eigenvalue weighted by atomic mass is 9.85. The summed E-state index contributed by atoms with van der Waals surface area (Å²) in [7, 11) is 0. The number of hydrogen-bond acceptors (Lipinski definition) is 4. The summed E-state index contributed by atoms with van der Waals surface area (Å²) in [6.45, 7) is 1.19. The zero-order valence-electron chi connectivity index (χ0n) is 13.4. The minimum Gasteiger partial charge on any atom is -0.505 e. The van der Waals surface area contributed by atoms with E-state index in [4.69, 9.17) is 5.11 Å². The molecule has 2 heterocycles. The van der Waals surface area contributed by atoms with Gasteiger partial charge in [-0.1, -0.05) is 0 Å². The second kappa shape index (κ2) is 6.39. The number of likely N-dealkylation sites (tertiary alicyclic amines) is 2. The molecule has 2 fully saturated rings. The van der Waals surface area contributed by atoms with E-state index in [1.165, 1.54) is 6.07 Å². The van der Waals surface area contributed by atoms with Gasteiger partial charge in [-0.05, 0) is 43.9 Å². The van der Waals surface area contributed by atoms with E-state index in [0.29, 0.717) is 25.9 Å². The average molecular weight is 336 g/mol. The monoisotopic (exact) mass is 336 g/mol. The fourth-order valence-electron chi connectivity index (χ4n) is 3.86. The molecule has 0 aliphatic carbocycles. The van der Waals surface area contributed by atoms with Crippen LogP contribution in [0.25, 0.3) is 0 Å². The van der Waals surface area contributed by atoms with Crippen molar-refractivity contribution in [2.45, 2.75) is 31.2 Å². The lowest BCUT2D eigenvalue weighted by Crippen LogP contribution is -2.61. The fourth-order valence-corrected chi connectivity index (χ4v) is 3.86. The summed E-state index contributed by atoms with van der Waals surface area (Å²) in [6, 6.07) is 3.47. The highest BCUT2D eigenvalue weighted by Gasteiger charge is 2.52. The van der Waals surface area contributed by atoms with Crippen LogP contribution in [0.5, 0.6) is 5.75 Å². The summed E-state index contributed by atoms with van der Waals surface area (Å²) in [5.74, 6) is -1.86. The number of phenols is 1. The molecule has 0 radical (unpaired) electrons. The van der Waals surface area contributed by atoms with Crippen LogP contribution < -0.4 is 0 Å². The van der Waals surface area contributed by atoms with E-state index < -0.39 is 17.1 Å². The molecule has 3 rings (SSSR count). The number of β-amino-alcohol motifs (C(OH)–C–C–N with tert-alkyl or cyclic N) is 1. The van der Waals surface area contributed by atoms with Crippen molar-refractivity contribution in [2.75, 3.05) is 26.2 Å². The maximum Gasteiger partial charge on any atom is 0.254 e. The van der Waals surface area contributed by atoms with Gasteiger partial charge in [0.15, 0.2) is 11.6 Å². The summed E-state index contributed by atoms with van der Waals surface area (Å²) in [6.07, 6.45) is 2.67. The first-order chi connectivity index (χ1) is 11.5. The van der Waals surface area contributed by atoms with Crippen LogP contribution in [0, 0.1) is 5.82 Å². The number of hydrogen-bond donors (Lipinski definition) is 2. The Labute approximate surface area is 139 Å². The number of piperidine rings is 1. The van der Waals surface area contributed by atoms with E-state index in [1.807, 2.05) is 0 Å². The molecule has 6 nitrogen and oxygen atoms in total. The van der Waals surface area contributed by atoms with Crippen molar-refractivity contribution < 1.29 is 24.2 Å². The maximum absolute atomic E-state index is 13.2. The molecule has 1 aromatic rings. The minimum atomic E-state index is -0.880. The lowest BCUT2D eigenvalue weighted by Gasteiger charge is -2.44. The minimum absolute atomic E-state index is 0.110. The lowest BCUT2D eigenvalue weighted by molar-refractivity contribution is -0.146. The third-order valence-corrected chi connectivity index (χ3v) is 5.00. The Bertz CT molecular complexity index is 664. The van der Waals surface area contributed by atoms with Gasteiger partial charge in [-0.2, -0.15) is 0 Å². The van der Waals surface area contributed by atoms with E-state index in [9.17, 15) is 19.1 Å². The topological polar surface area (TPSA) is 81.1 Å². The predicted octanol–water partition coefficient (Wildman–Crippen LogP) is 1.12. The second-order valence-electron chi connectivity index (χ2n) is 6.38. The molecule has 1 unspecified atom stereocenters. The molecule has 1 atom stereocenters. The van der Waals surface area contributed by atoms with E-state index in [-0.39, 0.29) is 30.5 Å². The van der Waals surface area contributed by atoms with Gasteiger partial charge in [0.25, 0.3) is 5.91 Å². The second-order valence-corrected chi connectivity index (χ2v) is 6.38. The number of phenolic OH excluding ortho intramolecular Hbond substituents is 1. The summed E-state index contributed by atoms with van der Waals surface area (Å²) in [4.78, 5) is 29.0. The zero-order valence-corrected chi connectivity index (χ0v) is 13.4. The number of rotatable bonds is 3. The molecule has 0 bridgehead atoms. The summed E-state index contributed by atoms with van der Waals surface area (Å²) in [5, 5.41) is 18.6. The molecular weight excluding hydrogens is 315 g/mol. The fraction of sp³-hybridized carbons (Fsp3) is 0.529. The van der Waals surface area contributed by atoms with Crippen LogP contribution in [0.4, 0.5) is 4.39 Å². The molecule has 0 saturated carbocycles. The van der Waals surface area contributed by atoms with Gasteiger partial charge in [0.05, 0.1) is 6.61 Å². The van der Waals surface area contributed by atoms with Crippen molar-refractivity contribution in [2.24, 2.45) is 0 Å². The SMILES string of the molecule is O=C(c1ccc(F)c(O)c1)N1CCCC12CCCN(CCO)C2=O. The average Bonchev–Trinajstić information content (AvgIpc) is 2.98. The Kier molecular flexibility index (Phi) is 4.45. The van der Waals surface area contributed by atoms with Gasteiger partial charge in [0, 0.05) is 25.2 Å². The maximum atomic E-state index is 13.2. The molecule has 2 aliphatic rings. The number of carbonyl (C=O) groups is 2. The quantitative estimate of drug-likeness (QED) is 0.867. The van der Waals surface area contributed by atoms with Gasteiger partial charge in [-0.25, -0.2) is 4.39 Å². The molecule has 0 aromatic heterocycles.